The predicted octanol–water partition coefficient (Wildman–Crippen LogP) is 2.45. The lowest BCUT2D eigenvalue weighted by Gasteiger charge is -2.37. The number of ether oxygens (including phenoxy) is 1. The molecule has 4 rings (SSSR count). The van der Waals surface area contributed by atoms with Gasteiger partial charge in [0.15, 0.2) is 0 Å². The Morgan fingerprint density at radius 3 is 2.52 bits per heavy atom. The molecule has 2 aromatic rings. The third-order valence-corrected chi connectivity index (χ3v) is 6.44. The second-order valence-corrected chi connectivity index (χ2v) is 8.76. The normalized spacial score (nSPS) is 28.3. The van der Waals surface area contributed by atoms with Crippen LogP contribution in [0.5, 0.6) is 0 Å². The van der Waals surface area contributed by atoms with E-state index in [1.807, 2.05) is 23.1 Å². The first-order valence-corrected chi connectivity index (χ1v) is 10.8. The molecule has 0 bridgehead atoms. The van der Waals surface area contributed by atoms with Crippen LogP contribution in [0.3, 0.4) is 0 Å². The number of likely N-dealkylation sites (tertiary alicyclic amines) is 1. The highest BCUT2D eigenvalue weighted by atomic mass is 16.5. The summed E-state index contributed by atoms with van der Waals surface area (Å²) < 4.78 is 8.02. The van der Waals surface area contributed by atoms with E-state index in [4.69, 9.17) is 4.74 Å². The summed E-state index contributed by atoms with van der Waals surface area (Å²) in [6.07, 6.45) is 2.52. The van der Waals surface area contributed by atoms with Crippen molar-refractivity contribution in [3.8, 4) is 0 Å². The number of morpholine rings is 1. The van der Waals surface area contributed by atoms with Crippen molar-refractivity contribution in [1.82, 2.24) is 14.4 Å². The summed E-state index contributed by atoms with van der Waals surface area (Å²) >= 11 is 0. The van der Waals surface area contributed by atoms with E-state index in [0.29, 0.717) is 19.0 Å². The molecular weight excluding hydrogens is 366 g/mol. The summed E-state index contributed by atoms with van der Waals surface area (Å²) in [4.78, 5) is 17.5. The van der Waals surface area contributed by atoms with Gasteiger partial charge >= 0.3 is 0 Å². The maximum Gasteiger partial charge on any atom is 0.253 e. The van der Waals surface area contributed by atoms with Crippen LogP contribution in [0.25, 0.3) is 10.9 Å². The minimum atomic E-state index is 0.0702. The molecule has 0 unspecified atom stereocenters. The number of rotatable bonds is 5. The summed E-state index contributed by atoms with van der Waals surface area (Å²) in [6.45, 7) is 11.5. The zero-order valence-corrected chi connectivity index (χ0v) is 17.8. The first-order valence-electron chi connectivity index (χ1n) is 10.8. The van der Waals surface area contributed by atoms with Crippen molar-refractivity contribution in [2.75, 3.05) is 39.3 Å². The monoisotopic (exact) mass is 399 g/mol. The van der Waals surface area contributed by atoms with E-state index < -0.39 is 0 Å². The Balaban J connectivity index is 1.45. The number of hydrogen-bond acceptors (Lipinski definition) is 4. The van der Waals surface area contributed by atoms with Crippen molar-refractivity contribution in [3.05, 3.63) is 36.0 Å². The maximum atomic E-state index is 13.2. The third kappa shape index (κ3) is 4.20. The van der Waals surface area contributed by atoms with Gasteiger partial charge in [0.25, 0.3) is 5.91 Å². The number of aromatic nitrogens is 1. The fourth-order valence-electron chi connectivity index (χ4n) is 5.07. The summed E-state index contributed by atoms with van der Waals surface area (Å²) in [6, 6.07) is 8.04. The van der Waals surface area contributed by atoms with E-state index in [-0.39, 0.29) is 30.6 Å². The molecule has 2 aliphatic rings. The Hall–Kier alpha value is -1.89. The molecule has 6 nitrogen and oxygen atoms in total. The molecule has 0 radical (unpaired) electrons. The zero-order chi connectivity index (χ0) is 20.5. The second-order valence-electron chi connectivity index (χ2n) is 8.76. The van der Waals surface area contributed by atoms with E-state index in [2.05, 4.69) is 42.5 Å². The van der Waals surface area contributed by atoms with Crippen LogP contribution in [-0.4, -0.2) is 76.9 Å². The Morgan fingerprint density at radius 2 is 1.83 bits per heavy atom. The first-order chi connectivity index (χ1) is 14.0. The summed E-state index contributed by atoms with van der Waals surface area (Å²) in [5.41, 5.74) is 1.89. The van der Waals surface area contributed by atoms with E-state index >= 15 is 0 Å². The number of aliphatic hydroxyl groups is 1. The summed E-state index contributed by atoms with van der Waals surface area (Å²) in [5, 5.41) is 11.0. The average molecular weight is 400 g/mol. The average Bonchev–Trinajstić information content (AvgIpc) is 3.29. The number of aryl methyl sites for hydroxylation is 1. The number of fused-ring (bicyclic) bond motifs is 1. The molecule has 4 atom stereocenters. The van der Waals surface area contributed by atoms with Crippen LogP contribution < -0.4 is 0 Å². The van der Waals surface area contributed by atoms with Gasteiger partial charge in [0.1, 0.15) is 0 Å². The van der Waals surface area contributed by atoms with Gasteiger partial charge in [0, 0.05) is 74.5 Å². The highest BCUT2D eigenvalue weighted by Crippen LogP contribution is 2.28. The van der Waals surface area contributed by atoms with E-state index in [1.54, 1.807) is 0 Å². The van der Waals surface area contributed by atoms with E-state index in [9.17, 15) is 9.90 Å². The van der Waals surface area contributed by atoms with E-state index in [1.165, 1.54) is 0 Å². The second kappa shape index (κ2) is 8.46. The van der Waals surface area contributed by atoms with Crippen LogP contribution >= 0.6 is 0 Å². The first kappa shape index (κ1) is 20.4. The Bertz CT molecular complexity index is 854. The van der Waals surface area contributed by atoms with Gasteiger partial charge in [-0.3, -0.25) is 9.69 Å². The van der Waals surface area contributed by atoms with Crippen LogP contribution in [0.4, 0.5) is 0 Å². The van der Waals surface area contributed by atoms with Gasteiger partial charge in [-0.15, -0.1) is 0 Å². The Kier molecular flexibility index (Phi) is 5.95. The molecule has 1 aromatic heterocycles. The Labute approximate surface area is 173 Å². The molecule has 6 heteroatoms. The van der Waals surface area contributed by atoms with Crippen molar-refractivity contribution in [3.63, 3.8) is 0 Å². The number of benzene rings is 1. The quantitative estimate of drug-likeness (QED) is 0.839. The molecule has 1 aromatic carbocycles. The number of carbonyl (C=O) groups is 1. The molecule has 158 valence electrons. The standard InChI is InChI=1S/C23H33N3O3/c1-4-25-8-7-18-9-19(5-6-22(18)25)23(28)26-13-20(21(14-26)15-27)12-24-10-16(2)29-17(3)11-24/h5-9,16-17,20-21,27H,4,10-15H2,1-3H3/t16-,17+,20-,21-/m1/s1. The molecule has 2 saturated heterocycles. The van der Waals surface area contributed by atoms with Gasteiger partial charge in [-0.2, -0.15) is 0 Å². The van der Waals surface area contributed by atoms with E-state index in [0.717, 1.165) is 42.6 Å². The van der Waals surface area contributed by atoms with Crippen molar-refractivity contribution in [2.24, 2.45) is 11.8 Å². The highest BCUT2D eigenvalue weighted by Gasteiger charge is 2.37. The number of nitrogens with zero attached hydrogens (tertiary/aromatic N) is 3. The smallest absolute Gasteiger partial charge is 0.253 e. The lowest BCUT2D eigenvalue weighted by Crippen LogP contribution is -2.48. The lowest BCUT2D eigenvalue weighted by atomic mass is 9.96. The minimum Gasteiger partial charge on any atom is -0.396 e. The maximum absolute atomic E-state index is 13.2. The molecule has 1 N–H and O–H groups in total. The van der Waals surface area contributed by atoms with Crippen molar-refractivity contribution in [1.29, 1.82) is 0 Å². The summed E-state index contributed by atoms with van der Waals surface area (Å²) in [7, 11) is 0. The molecule has 1 amide bonds. The molecule has 3 heterocycles. The molecule has 2 aliphatic heterocycles. The van der Waals surface area contributed by atoms with Gasteiger partial charge in [-0.1, -0.05) is 0 Å². The molecule has 29 heavy (non-hydrogen) atoms. The van der Waals surface area contributed by atoms with Crippen molar-refractivity contribution >= 4 is 16.8 Å². The number of carbonyl (C=O) groups excluding carboxylic acids is 1. The van der Waals surface area contributed by atoms with Crippen LogP contribution in [-0.2, 0) is 11.3 Å². The number of amides is 1. The predicted molar refractivity (Wildman–Crippen MR) is 114 cm³/mol. The van der Waals surface area contributed by atoms with Gasteiger partial charge in [-0.25, -0.2) is 0 Å². The molecule has 0 spiro atoms. The SMILES string of the molecule is CCn1ccc2cc(C(=O)N3C[C@@H](CN4C[C@@H](C)O[C@@H](C)C4)[C@@H](CO)C3)ccc21. The van der Waals surface area contributed by atoms with Crippen molar-refractivity contribution in [2.45, 2.75) is 39.5 Å². The molecular formula is C23H33N3O3. The summed E-state index contributed by atoms with van der Waals surface area (Å²) in [5.74, 6) is 0.504. The number of aliphatic hydroxyl groups excluding tert-OH is 1. The van der Waals surface area contributed by atoms with Crippen LogP contribution in [0, 0.1) is 11.8 Å². The largest absolute Gasteiger partial charge is 0.396 e. The van der Waals surface area contributed by atoms with Crippen LogP contribution in [0.2, 0.25) is 0 Å². The van der Waals surface area contributed by atoms with Crippen LogP contribution in [0.15, 0.2) is 30.5 Å². The topological polar surface area (TPSA) is 57.9 Å². The van der Waals surface area contributed by atoms with Crippen LogP contribution in [0.1, 0.15) is 31.1 Å². The zero-order valence-electron chi connectivity index (χ0n) is 17.8. The van der Waals surface area contributed by atoms with Gasteiger partial charge in [-0.05, 0) is 51.0 Å². The minimum absolute atomic E-state index is 0.0702. The third-order valence-electron chi connectivity index (χ3n) is 6.44. The number of hydrogen-bond donors (Lipinski definition) is 1. The van der Waals surface area contributed by atoms with Gasteiger partial charge in [0.2, 0.25) is 0 Å². The fourth-order valence-corrected chi connectivity index (χ4v) is 5.07. The molecule has 2 fully saturated rings. The Morgan fingerprint density at radius 1 is 1.10 bits per heavy atom. The lowest BCUT2D eigenvalue weighted by molar-refractivity contribution is -0.0726. The fraction of sp³-hybridized carbons (Fsp3) is 0.609. The highest BCUT2D eigenvalue weighted by molar-refractivity contribution is 5.98. The molecule has 0 aliphatic carbocycles. The van der Waals surface area contributed by atoms with Gasteiger partial charge < -0.3 is 19.3 Å². The van der Waals surface area contributed by atoms with Crippen molar-refractivity contribution < 1.29 is 14.6 Å². The molecule has 0 saturated carbocycles. The van der Waals surface area contributed by atoms with Gasteiger partial charge in [0.05, 0.1) is 12.2 Å².